The zero-order valence-corrected chi connectivity index (χ0v) is 19.2. The second kappa shape index (κ2) is 11.3. The van der Waals surface area contributed by atoms with Gasteiger partial charge in [-0.15, -0.1) is 24.2 Å². The normalized spacial score (nSPS) is 16.1. The molecule has 2 aromatic rings. The summed E-state index contributed by atoms with van der Waals surface area (Å²) >= 11 is 7.35. The Balaban J connectivity index is 0.00000363. The Hall–Kier alpha value is -1.94. The molecular formula is C21H22Cl2F3N3O2S. The predicted octanol–water partition coefficient (Wildman–Crippen LogP) is 4.80. The van der Waals surface area contributed by atoms with E-state index >= 15 is 0 Å². The molecule has 1 atom stereocenters. The van der Waals surface area contributed by atoms with Gasteiger partial charge in [-0.05, 0) is 42.3 Å². The number of alkyl halides is 3. The summed E-state index contributed by atoms with van der Waals surface area (Å²) < 4.78 is 36.8. The molecule has 5 nitrogen and oxygen atoms in total. The van der Waals surface area contributed by atoms with E-state index in [0.29, 0.717) is 16.5 Å². The van der Waals surface area contributed by atoms with E-state index in [0.717, 1.165) is 10.5 Å². The third-order valence-corrected chi connectivity index (χ3v) is 6.12. The van der Waals surface area contributed by atoms with Crippen LogP contribution in [0.2, 0.25) is 5.02 Å². The Morgan fingerprint density at radius 3 is 2.56 bits per heavy atom. The van der Waals surface area contributed by atoms with Gasteiger partial charge in [0.15, 0.2) is 0 Å². The quantitative estimate of drug-likeness (QED) is 0.550. The lowest BCUT2D eigenvalue weighted by molar-refractivity contribution is -0.135. The predicted molar refractivity (Wildman–Crippen MR) is 123 cm³/mol. The van der Waals surface area contributed by atoms with Gasteiger partial charge in [-0.3, -0.25) is 9.59 Å². The van der Waals surface area contributed by atoms with Crippen LogP contribution >= 0.6 is 35.8 Å². The van der Waals surface area contributed by atoms with Crippen LogP contribution in [0, 0.1) is 0 Å². The van der Waals surface area contributed by atoms with Gasteiger partial charge in [0.05, 0.1) is 18.3 Å². The first-order chi connectivity index (χ1) is 14.6. The molecule has 0 spiro atoms. The lowest BCUT2D eigenvalue weighted by Crippen LogP contribution is -2.44. The number of nitrogens with two attached hydrogens (primary N) is 1. The third-order valence-electron chi connectivity index (χ3n) is 4.69. The molecule has 0 fully saturated rings. The summed E-state index contributed by atoms with van der Waals surface area (Å²) in [6, 6.07) is 11.2. The van der Waals surface area contributed by atoms with Gasteiger partial charge in [-0.25, -0.2) is 0 Å². The van der Waals surface area contributed by atoms with E-state index in [1.54, 1.807) is 42.5 Å². The molecule has 3 N–H and O–H groups in total. The zero-order valence-electron chi connectivity index (χ0n) is 16.8. The van der Waals surface area contributed by atoms with Crippen molar-refractivity contribution < 1.29 is 22.8 Å². The van der Waals surface area contributed by atoms with Crippen LogP contribution in [0.25, 0.3) is 0 Å². The Bertz CT molecular complexity index is 958. The Labute approximate surface area is 199 Å². The Morgan fingerprint density at radius 1 is 1.22 bits per heavy atom. The van der Waals surface area contributed by atoms with E-state index in [1.165, 1.54) is 16.7 Å². The lowest BCUT2D eigenvalue weighted by atomic mass is 10.1. The van der Waals surface area contributed by atoms with Gasteiger partial charge in [0, 0.05) is 34.2 Å². The van der Waals surface area contributed by atoms with Gasteiger partial charge in [0.1, 0.15) is 0 Å². The second-order valence-electron chi connectivity index (χ2n) is 7.13. The number of nitrogens with zero attached hydrogens (tertiary/aromatic N) is 1. The van der Waals surface area contributed by atoms with E-state index in [9.17, 15) is 22.8 Å². The van der Waals surface area contributed by atoms with E-state index < -0.39 is 24.5 Å². The number of carbonyl (C=O) groups is 2. The molecule has 11 heteroatoms. The summed E-state index contributed by atoms with van der Waals surface area (Å²) in [5, 5.41) is 3.07. The molecule has 1 aliphatic rings. The number of benzene rings is 2. The van der Waals surface area contributed by atoms with Crippen molar-refractivity contribution in [2.75, 3.05) is 17.2 Å². The fourth-order valence-corrected chi connectivity index (χ4v) is 4.20. The molecular weight excluding hydrogens is 486 g/mol. The van der Waals surface area contributed by atoms with Crippen LogP contribution in [0.5, 0.6) is 0 Å². The summed E-state index contributed by atoms with van der Waals surface area (Å²) in [7, 11) is 0. The van der Waals surface area contributed by atoms with Crippen molar-refractivity contribution in [2.24, 2.45) is 5.73 Å². The Kier molecular flexibility index (Phi) is 9.27. The number of thioether (sulfide) groups is 1. The maximum Gasteiger partial charge on any atom is 0.389 e. The molecule has 1 heterocycles. The average molecular weight is 508 g/mol. The highest BCUT2D eigenvalue weighted by molar-refractivity contribution is 7.99. The first-order valence-electron chi connectivity index (χ1n) is 9.57. The monoisotopic (exact) mass is 507 g/mol. The molecule has 174 valence electrons. The van der Waals surface area contributed by atoms with E-state index in [4.69, 9.17) is 17.3 Å². The van der Waals surface area contributed by atoms with E-state index in [-0.39, 0.29) is 43.4 Å². The van der Waals surface area contributed by atoms with Crippen LogP contribution < -0.4 is 16.0 Å². The summed E-state index contributed by atoms with van der Waals surface area (Å²) in [6.45, 7) is 0.149. The highest BCUT2D eigenvalue weighted by Crippen LogP contribution is 2.36. The SMILES string of the molecule is Cl.N[C@H]1CSc2ccc(C(=O)NCCCC(F)(F)F)cc2N(Cc2ccc(Cl)cc2)C1=O. The molecule has 0 saturated carbocycles. The first-order valence-corrected chi connectivity index (χ1v) is 10.9. The molecule has 2 aromatic carbocycles. The van der Waals surface area contributed by atoms with Crippen LogP contribution in [-0.4, -0.2) is 36.3 Å². The molecule has 1 aliphatic heterocycles. The first kappa shape index (κ1) is 26.3. The van der Waals surface area contributed by atoms with Gasteiger partial charge in [0.2, 0.25) is 5.91 Å². The minimum atomic E-state index is -4.26. The molecule has 2 amide bonds. The third kappa shape index (κ3) is 7.03. The number of halogens is 5. The van der Waals surface area contributed by atoms with Gasteiger partial charge < -0.3 is 16.0 Å². The highest BCUT2D eigenvalue weighted by atomic mass is 35.5. The number of hydrogen-bond acceptors (Lipinski definition) is 4. The van der Waals surface area contributed by atoms with Crippen molar-refractivity contribution in [2.45, 2.75) is 36.5 Å². The van der Waals surface area contributed by atoms with Crippen molar-refractivity contribution in [3.8, 4) is 0 Å². The second-order valence-corrected chi connectivity index (χ2v) is 8.62. The number of fused-ring (bicyclic) bond motifs is 1. The smallest absolute Gasteiger partial charge is 0.352 e. The van der Waals surface area contributed by atoms with Gasteiger partial charge >= 0.3 is 6.18 Å². The van der Waals surface area contributed by atoms with Crippen molar-refractivity contribution in [1.82, 2.24) is 5.32 Å². The maximum atomic E-state index is 12.9. The number of nitrogens with one attached hydrogen (secondary N) is 1. The van der Waals surface area contributed by atoms with Crippen LogP contribution in [0.15, 0.2) is 47.4 Å². The summed E-state index contributed by atoms with van der Waals surface area (Å²) in [5.41, 5.74) is 7.68. The number of anilines is 1. The maximum absolute atomic E-state index is 12.9. The molecule has 0 aliphatic carbocycles. The van der Waals surface area contributed by atoms with Crippen LogP contribution in [0.3, 0.4) is 0 Å². The fourth-order valence-electron chi connectivity index (χ4n) is 3.09. The number of carbonyl (C=O) groups excluding carboxylic acids is 2. The average Bonchev–Trinajstić information content (AvgIpc) is 2.83. The minimum absolute atomic E-state index is 0. The minimum Gasteiger partial charge on any atom is -0.352 e. The highest BCUT2D eigenvalue weighted by Gasteiger charge is 2.29. The molecule has 0 aromatic heterocycles. The van der Waals surface area contributed by atoms with Crippen LogP contribution in [-0.2, 0) is 11.3 Å². The molecule has 0 saturated heterocycles. The summed E-state index contributed by atoms with van der Waals surface area (Å²) in [6.07, 6.45) is -5.42. The number of amides is 2. The lowest BCUT2D eigenvalue weighted by Gasteiger charge is -2.25. The van der Waals surface area contributed by atoms with Crippen molar-refractivity contribution in [3.63, 3.8) is 0 Å². The van der Waals surface area contributed by atoms with Crippen molar-refractivity contribution >= 4 is 53.3 Å². The standard InChI is InChI=1S/C21H21ClF3N3O2S.ClH/c22-15-5-2-13(3-6-15)11-28-17-10-14(19(29)27-9-1-8-21(23,24)25)4-7-18(17)31-12-16(26)20(28)30;/h2-7,10,16H,1,8-9,11-12,26H2,(H,27,29);1H/t16-;/m0./s1. The van der Waals surface area contributed by atoms with Crippen molar-refractivity contribution in [3.05, 3.63) is 58.6 Å². The summed E-state index contributed by atoms with van der Waals surface area (Å²) in [4.78, 5) is 27.7. The molecule has 0 bridgehead atoms. The zero-order chi connectivity index (χ0) is 22.6. The van der Waals surface area contributed by atoms with Crippen LogP contribution in [0.4, 0.5) is 18.9 Å². The fraction of sp³-hybridized carbons (Fsp3) is 0.333. The van der Waals surface area contributed by atoms with Gasteiger partial charge in [0.25, 0.3) is 5.91 Å². The van der Waals surface area contributed by atoms with E-state index in [1.807, 2.05) is 0 Å². The van der Waals surface area contributed by atoms with E-state index in [2.05, 4.69) is 5.32 Å². The largest absolute Gasteiger partial charge is 0.389 e. The topological polar surface area (TPSA) is 75.4 Å². The molecule has 0 unspecified atom stereocenters. The Morgan fingerprint density at radius 2 is 1.91 bits per heavy atom. The molecule has 3 rings (SSSR count). The van der Waals surface area contributed by atoms with Gasteiger partial charge in [-0.1, -0.05) is 23.7 Å². The number of rotatable bonds is 6. The van der Waals surface area contributed by atoms with Gasteiger partial charge in [-0.2, -0.15) is 13.2 Å². The van der Waals surface area contributed by atoms with Crippen molar-refractivity contribution in [1.29, 1.82) is 0 Å². The number of hydrogen-bond donors (Lipinski definition) is 2. The molecule has 32 heavy (non-hydrogen) atoms. The van der Waals surface area contributed by atoms with Crippen LogP contribution in [0.1, 0.15) is 28.8 Å². The molecule has 0 radical (unpaired) electrons. The summed E-state index contributed by atoms with van der Waals surface area (Å²) in [5.74, 6) is -0.377.